The van der Waals surface area contributed by atoms with E-state index in [-0.39, 0.29) is 0 Å². The van der Waals surface area contributed by atoms with E-state index >= 15 is 0 Å². The van der Waals surface area contributed by atoms with E-state index in [9.17, 15) is 0 Å². The van der Waals surface area contributed by atoms with Crippen LogP contribution in [-0.4, -0.2) is 4.57 Å². The summed E-state index contributed by atoms with van der Waals surface area (Å²) < 4.78 is 2.14. The molecule has 1 aliphatic rings. The molecule has 1 heteroatoms. The summed E-state index contributed by atoms with van der Waals surface area (Å²) in [7, 11) is 2.06. The summed E-state index contributed by atoms with van der Waals surface area (Å²) in [6, 6.07) is 0. The lowest BCUT2D eigenvalue weighted by molar-refractivity contribution is 0.887. The van der Waals surface area contributed by atoms with Crippen LogP contribution in [-0.2, 0) is 7.05 Å². The Morgan fingerprint density at radius 3 is 2.83 bits per heavy atom. The molecule has 12 heavy (non-hydrogen) atoms. The third-order valence-corrected chi connectivity index (χ3v) is 2.15. The molecule has 0 saturated heterocycles. The van der Waals surface area contributed by atoms with Gasteiger partial charge >= 0.3 is 0 Å². The third-order valence-electron chi connectivity index (χ3n) is 2.15. The molecule has 1 aromatic heterocycles. The Bertz CT molecular complexity index is 439. The van der Waals surface area contributed by atoms with Gasteiger partial charge in [0.25, 0.3) is 0 Å². The second-order valence-corrected chi connectivity index (χ2v) is 3.06. The summed E-state index contributed by atoms with van der Waals surface area (Å²) in [6.45, 7) is 2.13. The standard InChI is InChI=1S/C11H11N/c1-9-8-12(2)11-7-5-3-4-6-10(9)11/h4-8H,1-2H3. The summed E-state index contributed by atoms with van der Waals surface area (Å²) >= 11 is 0. The normalized spacial score (nSPS) is 13.2. The lowest BCUT2D eigenvalue weighted by atomic mass is 10.3. The fourth-order valence-corrected chi connectivity index (χ4v) is 1.56. The van der Waals surface area contributed by atoms with Crippen LogP contribution in [0.3, 0.4) is 0 Å². The van der Waals surface area contributed by atoms with Crippen LogP contribution in [0.1, 0.15) is 5.56 Å². The van der Waals surface area contributed by atoms with Crippen molar-refractivity contribution in [2.24, 2.45) is 7.05 Å². The van der Waals surface area contributed by atoms with Crippen LogP contribution in [0.5, 0.6) is 0 Å². The van der Waals surface area contributed by atoms with Crippen molar-refractivity contribution >= 4 is 12.2 Å². The number of fused-ring (bicyclic) bond motifs is 1. The molecule has 0 atom stereocenters. The first-order valence-electron chi connectivity index (χ1n) is 4.04. The zero-order valence-electron chi connectivity index (χ0n) is 7.33. The maximum absolute atomic E-state index is 3.06. The Labute approximate surface area is 71.6 Å². The van der Waals surface area contributed by atoms with Gasteiger partial charge in [0.1, 0.15) is 0 Å². The maximum Gasteiger partial charge on any atom is 0.0486 e. The van der Waals surface area contributed by atoms with Crippen LogP contribution in [0.2, 0.25) is 0 Å². The zero-order valence-corrected chi connectivity index (χ0v) is 7.33. The van der Waals surface area contributed by atoms with Crippen molar-refractivity contribution in [2.45, 2.75) is 6.92 Å². The van der Waals surface area contributed by atoms with Crippen LogP contribution in [0.4, 0.5) is 0 Å². The number of rotatable bonds is 0. The van der Waals surface area contributed by atoms with Crippen molar-refractivity contribution in [3.63, 3.8) is 0 Å². The summed E-state index contributed by atoms with van der Waals surface area (Å²) in [5, 5.41) is 2.56. The molecule has 1 nitrogen and oxygen atoms in total. The van der Waals surface area contributed by atoms with Crippen molar-refractivity contribution in [3.8, 4) is 0 Å². The SMILES string of the molecule is Cc1cn(C)c2c1=CC=C=CC=2. The van der Waals surface area contributed by atoms with Gasteiger partial charge in [0, 0.05) is 23.8 Å². The fraction of sp³-hybridized carbons (Fsp3) is 0.182. The molecule has 60 valence electrons. The molecule has 1 aromatic rings. The molecule has 2 rings (SSSR count). The highest BCUT2D eigenvalue weighted by Gasteiger charge is 1.95. The van der Waals surface area contributed by atoms with Crippen LogP contribution >= 0.6 is 0 Å². The van der Waals surface area contributed by atoms with Crippen LogP contribution in [0.15, 0.2) is 24.1 Å². The predicted octanol–water partition coefficient (Wildman–Crippen LogP) is 0.619. The molecular weight excluding hydrogens is 146 g/mol. The molecule has 1 aliphatic carbocycles. The highest BCUT2D eigenvalue weighted by molar-refractivity contribution is 5.48. The average molecular weight is 157 g/mol. The van der Waals surface area contributed by atoms with Gasteiger partial charge in [0.15, 0.2) is 0 Å². The van der Waals surface area contributed by atoms with Crippen molar-refractivity contribution < 1.29 is 0 Å². The Balaban J connectivity index is 2.97. The predicted molar refractivity (Wildman–Crippen MR) is 51.0 cm³/mol. The Morgan fingerprint density at radius 2 is 2.00 bits per heavy atom. The molecule has 0 fully saturated rings. The van der Waals surface area contributed by atoms with E-state index in [0.29, 0.717) is 0 Å². The van der Waals surface area contributed by atoms with E-state index in [1.165, 1.54) is 16.1 Å². The first kappa shape index (κ1) is 7.20. The highest BCUT2D eigenvalue weighted by atomic mass is 14.9. The van der Waals surface area contributed by atoms with Gasteiger partial charge in [-0.25, -0.2) is 0 Å². The third kappa shape index (κ3) is 0.956. The first-order valence-corrected chi connectivity index (χ1v) is 4.04. The van der Waals surface area contributed by atoms with Gasteiger partial charge in [-0.2, -0.15) is 0 Å². The van der Waals surface area contributed by atoms with Crippen molar-refractivity contribution in [1.82, 2.24) is 4.57 Å². The number of hydrogen-bond acceptors (Lipinski definition) is 0. The number of hydrogen-bond donors (Lipinski definition) is 0. The quantitative estimate of drug-likeness (QED) is 0.486. The molecule has 0 unspecified atom stereocenters. The topological polar surface area (TPSA) is 4.93 Å². The second-order valence-electron chi connectivity index (χ2n) is 3.06. The minimum Gasteiger partial charge on any atom is -0.350 e. The molecule has 0 amide bonds. The van der Waals surface area contributed by atoms with Gasteiger partial charge < -0.3 is 4.57 Å². The molecule has 0 aliphatic heterocycles. The Hall–Kier alpha value is -1.46. The second kappa shape index (κ2) is 2.54. The van der Waals surface area contributed by atoms with Crippen LogP contribution < -0.4 is 10.6 Å². The molecule has 0 aromatic carbocycles. The van der Waals surface area contributed by atoms with E-state index in [4.69, 9.17) is 0 Å². The van der Waals surface area contributed by atoms with Crippen molar-refractivity contribution in [3.05, 3.63) is 40.2 Å². The van der Waals surface area contributed by atoms with Gasteiger partial charge in [-0.3, -0.25) is 0 Å². The fourth-order valence-electron chi connectivity index (χ4n) is 1.56. The van der Waals surface area contributed by atoms with Crippen LogP contribution in [0.25, 0.3) is 12.2 Å². The number of aromatic nitrogens is 1. The number of allylic oxidation sites excluding steroid dienone is 1. The minimum absolute atomic E-state index is 1.26. The van der Waals surface area contributed by atoms with Gasteiger partial charge in [-0.05, 0) is 36.8 Å². The Kier molecular flexibility index (Phi) is 1.53. The van der Waals surface area contributed by atoms with Gasteiger partial charge in [-0.1, -0.05) is 0 Å². The molecule has 0 radical (unpaired) electrons. The van der Waals surface area contributed by atoms with E-state index < -0.39 is 0 Å². The molecular formula is C11H11N. The van der Waals surface area contributed by atoms with Gasteiger partial charge in [0.05, 0.1) is 0 Å². The van der Waals surface area contributed by atoms with Crippen LogP contribution in [0, 0.1) is 6.92 Å². The smallest absolute Gasteiger partial charge is 0.0486 e. The minimum atomic E-state index is 1.26. The lowest BCUT2D eigenvalue weighted by Gasteiger charge is -1.86. The van der Waals surface area contributed by atoms with E-state index in [1.54, 1.807) is 0 Å². The molecule has 0 saturated carbocycles. The summed E-state index contributed by atoms with van der Waals surface area (Å²) in [6.07, 6.45) is 10.2. The summed E-state index contributed by atoms with van der Waals surface area (Å²) in [4.78, 5) is 0. The zero-order chi connectivity index (χ0) is 8.55. The van der Waals surface area contributed by atoms with Gasteiger partial charge in [-0.15, -0.1) is 5.73 Å². The largest absolute Gasteiger partial charge is 0.350 e. The summed E-state index contributed by atoms with van der Waals surface area (Å²) in [5.41, 5.74) is 4.38. The maximum atomic E-state index is 3.06. The number of nitrogens with zero attached hydrogens (tertiary/aromatic N) is 1. The monoisotopic (exact) mass is 157 g/mol. The van der Waals surface area contributed by atoms with Crippen molar-refractivity contribution in [2.75, 3.05) is 0 Å². The molecule has 1 heterocycles. The van der Waals surface area contributed by atoms with E-state index in [2.05, 4.69) is 42.6 Å². The molecule has 0 spiro atoms. The highest BCUT2D eigenvalue weighted by Crippen LogP contribution is 1.87. The lowest BCUT2D eigenvalue weighted by Crippen LogP contribution is -2.27. The van der Waals surface area contributed by atoms with Crippen molar-refractivity contribution in [1.29, 1.82) is 0 Å². The molecule has 0 N–H and O–H groups in total. The average Bonchev–Trinajstić information content (AvgIpc) is 2.29. The number of aryl methyl sites for hydroxylation is 2. The van der Waals surface area contributed by atoms with Gasteiger partial charge in [0.2, 0.25) is 0 Å². The Morgan fingerprint density at radius 1 is 1.25 bits per heavy atom. The first-order chi connectivity index (χ1) is 5.79. The van der Waals surface area contributed by atoms with E-state index in [0.717, 1.165) is 0 Å². The molecule has 0 bridgehead atoms. The summed E-state index contributed by atoms with van der Waals surface area (Å²) in [5.74, 6) is 0. The van der Waals surface area contributed by atoms with E-state index in [1.807, 2.05) is 12.2 Å².